The quantitative estimate of drug-likeness (QED) is 0.273. The second kappa shape index (κ2) is 4.49. The minimum absolute atomic E-state index is 0.628. The highest BCUT2D eigenvalue weighted by Crippen LogP contribution is 2.20. The van der Waals surface area contributed by atoms with E-state index in [-0.39, 0.29) is 0 Å². The lowest BCUT2D eigenvalue weighted by Crippen LogP contribution is -2.63. The van der Waals surface area contributed by atoms with Crippen LogP contribution in [0.4, 0.5) is 0 Å². The van der Waals surface area contributed by atoms with E-state index < -0.39 is 43.4 Å². The van der Waals surface area contributed by atoms with Crippen molar-refractivity contribution in [3.8, 4) is 0 Å². The van der Waals surface area contributed by atoms with Gasteiger partial charge in [-0.25, -0.2) is 0 Å². The Labute approximate surface area is 80.3 Å². The van der Waals surface area contributed by atoms with Crippen molar-refractivity contribution in [2.24, 2.45) is 5.73 Å². The lowest BCUT2D eigenvalue weighted by Gasteiger charge is -2.40. The highest BCUT2D eigenvalue weighted by molar-refractivity contribution is 4.92. The van der Waals surface area contributed by atoms with Gasteiger partial charge in [0.15, 0.2) is 0 Å². The van der Waals surface area contributed by atoms with Crippen molar-refractivity contribution in [1.29, 1.82) is 0 Å². The molecule has 1 unspecified atom stereocenters. The van der Waals surface area contributed by atoms with Crippen LogP contribution in [0.1, 0.15) is 0 Å². The molecule has 0 bridgehead atoms. The number of hydrogen-bond donors (Lipinski definition) is 6. The first-order valence-electron chi connectivity index (χ1n) is 4.23. The summed E-state index contributed by atoms with van der Waals surface area (Å²) in [6, 6.07) is 0. The predicted molar refractivity (Wildman–Crippen MR) is 44.0 cm³/mol. The van der Waals surface area contributed by atoms with Crippen molar-refractivity contribution in [3.05, 3.63) is 0 Å². The molecule has 1 fully saturated rings. The zero-order chi connectivity index (χ0) is 10.9. The lowest BCUT2D eigenvalue weighted by molar-refractivity contribution is -0.244. The number of nitrogens with two attached hydrogens (primary N) is 1. The Hall–Kier alpha value is -0.280. The van der Waals surface area contributed by atoms with Crippen LogP contribution < -0.4 is 5.73 Å². The summed E-state index contributed by atoms with van der Waals surface area (Å²) < 4.78 is 4.84. The van der Waals surface area contributed by atoms with Gasteiger partial charge in [0.2, 0.25) is 0 Å². The maximum Gasteiger partial charge on any atom is 0.135 e. The fourth-order valence-corrected chi connectivity index (χ4v) is 1.36. The third-order valence-corrected chi connectivity index (χ3v) is 2.25. The Morgan fingerprint density at radius 1 is 1.14 bits per heavy atom. The molecule has 0 aromatic heterocycles. The topological polar surface area (TPSA) is 136 Å². The number of hydrogen-bond acceptors (Lipinski definition) is 7. The minimum Gasteiger partial charge on any atom is -0.394 e. The molecule has 1 heterocycles. The van der Waals surface area contributed by atoms with Gasteiger partial charge in [-0.3, -0.25) is 0 Å². The standard InChI is InChI=1S/C7H15NO6/c8-7-5(13)3(11)4(12)6(14-7)2(10)1-9/h2-7,9-13H,1,8H2/t2-,3-,4-,5+,6+,7?/m0/s1. The maximum atomic E-state index is 9.37. The summed E-state index contributed by atoms with van der Waals surface area (Å²) in [6.45, 7) is -0.628. The Balaban J connectivity index is 2.70. The zero-order valence-electron chi connectivity index (χ0n) is 7.39. The van der Waals surface area contributed by atoms with E-state index in [0.29, 0.717) is 0 Å². The SMILES string of the molecule is NC1O[C@H]([C@@H](O)CO)[C@@H](O)[C@H](O)[C@H]1O. The monoisotopic (exact) mass is 209 g/mol. The molecule has 0 aromatic carbocycles. The van der Waals surface area contributed by atoms with Crippen LogP contribution >= 0.6 is 0 Å². The largest absolute Gasteiger partial charge is 0.394 e. The van der Waals surface area contributed by atoms with Crippen LogP contribution in [0.25, 0.3) is 0 Å². The summed E-state index contributed by atoms with van der Waals surface area (Å²) in [5.41, 5.74) is 5.28. The molecule has 0 amide bonds. The molecule has 0 saturated carbocycles. The Bertz CT molecular complexity index is 191. The lowest BCUT2D eigenvalue weighted by atomic mass is 9.95. The molecule has 84 valence electrons. The van der Waals surface area contributed by atoms with E-state index in [9.17, 15) is 20.4 Å². The smallest absolute Gasteiger partial charge is 0.135 e. The van der Waals surface area contributed by atoms with Gasteiger partial charge in [-0.1, -0.05) is 0 Å². The van der Waals surface area contributed by atoms with Crippen LogP contribution in [0.2, 0.25) is 0 Å². The number of aliphatic hydroxyl groups excluding tert-OH is 5. The third kappa shape index (κ3) is 2.04. The summed E-state index contributed by atoms with van der Waals surface area (Å²) >= 11 is 0. The van der Waals surface area contributed by atoms with Crippen LogP contribution in [-0.2, 0) is 4.74 Å². The highest BCUT2D eigenvalue weighted by Gasteiger charge is 2.44. The molecule has 6 atom stereocenters. The average molecular weight is 209 g/mol. The summed E-state index contributed by atoms with van der Waals surface area (Å²) in [6.07, 6.45) is -8.13. The first-order valence-corrected chi connectivity index (χ1v) is 4.23. The fraction of sp³-hybridized carbons (Fsp3) is 1.00. The molecule has 7 N–H and O–H groups in total. The highest BCUT2D eigenvalue weighted by atomic mass is 16.6. The average Bonchev–Trinajstić information content (AvgIpc) is 2.19. The molecule has 1 rings (SSSR count). The van der Waals surface area contributed by atoms with Gasteiger partial charge < -0.3 is 36.0 Å². The van der Waals surface area contributed by atoms with E-state index in [1.165, 1.54) is 0 Å². The summed E-state index contributed by atoms with van der Waals surface area (Å²) in [5, 5.41) is 45.6. The van der Waals surface area contributed by atoms with Gasteiger partial charge in [-0.05, 0) is 0 Å². The molecule has 0 aromatic rings. The summed E-state index contributed by atoms with van der Waals surface area (Å²) in [5.74, 6) is 0. The van der Waals surface area contributed by atoms with Gasteiger partial charge in [0.1, 0.15) is 36.7 Å². The first kappa shape index (κ1) is 11.8. The zero-order valence-corrected chi connectivity index (χ0v) is 7.39. The Morgan fingerprint density at radius 2 is 1.71 bits per heavy atom. The van der Waals surface area contributed by atoms with Gasteiger partial charge in [-0.2, -0.15) is 0 Å². The van der Waals surface area contributed by atoms with E-state index in [0.717, 1.165) is 0 Å². The van der Waals surface area contributed by atoms with Crippen molar-refractivity contribution in [3.63, 3.8) is 0 Å². The molecule has 0 radical (unpaired) electrons. The molecular formula is C7H15NO6. The van der Waals surface area contributed by atoms with E-state index in [1.54, 1.807) is 0 Å². The predicted octanol–water partition coefficient (Wildman–Crippen LogP) is -3.89. The van der Waals surface area contributed by atoms with E-state index >= 15 is 0 Å². The molecular weight excluding hydrogens is 194 g/mol. The molecule has 14 heavy (non-hydrogen) atoms. The first-order chi connectivity index (χ1) is 6.49. The van der Waals surface area contributed by atoms with E-state index in [1.807, 2.05) is 0 Å². The molecule has 7 nitrogen and oxygen atoms in total. The van der Waals surface area contributed by atoms with Crippen LogP contribution in [0.15, 0.2) is 0 Å². The molecule has 1 saturated heterocycles. The summed E-state index contributed by atoms with van der Waals surface area (Å²) in [7, 11) is 0. The third-order valence-electron chi connectivity index (χ3n) is 2.25. The molecule has 0 spiro atoms. The molecule has 0 aliphatic carbocycles. The van der Waals surface area contributed by atoms with Crippen molar-refractivity contribution < 1.29 is 30.3 Å². The van der Waals surface area contributed by atoms with Gasteiger partial charge in [0, 0.05) is 0 Å². The maximum absolute atomic E-state index is 9.37. The van der Waals surface area contributed by atoms with Crippen LogP contribution in [0.3, 0.4) is 0 Å². The van der Waals surface area contributed by atoms with Crippen LogP contribution in [0, 0.1) is 0 Å². The van der Waals surface area contributed by atoms with Crippen molar-refractivity contribution in [2.75, 3.05) is 6.61 Å². The normalized spacial score (nSPS) is 46.3. The van der Waals surface area contributed by atoms with E-state index in [2.05, 4.69) is 0 Å². The minimum atomic E-state index is -1.50. The second-order valence-corrected chi connectivity index (χ2v) is 3.29. The van der Waals surface area contributed by atoms with Gasteiger partial charge in [-0.15, -0.1) is 0 Å². The van der Waals surface area contributed by atoms with Crippen LogP contribution in [-0.4, -0.2) is 68.9 Å². The molecule has 1 aliphatic heterocycles. The Morgan fingerprint density at radius 3 is 2.21 bits per heavy atom. The number of rotatable bonds is 2. The van der Waals surface area contributed by atoms with Crippen molar-refractivity contribution in [2.45, 2.75) is 36.7 Å². The molecule has 7 heteroatoms. The van der Waals surface area contributed by atoms with Gasteiger partial charge in [0.05, 0.1) is 6.61 Å². The number of ether oxygens (including phenoxy) is 1. The fourth-order valence-electron chi connectivity index (χ4n) is 1.36. The molecule has 1 aliphatic rings. The van der Waals surface area contributed by atoms with Crippen molar-refractivity contribution in [1.82, 2.24) is 0 Å². The second-order valence-electron chi connectivity index (χ2n) is 3.29. The summed E-state index contributed by atoms with van der Waals surface area (Å²) in [4.78, 5) is 0. The van der Waals surface area contributed by atoms with Gasteiger partial charge >= 0.3 is 0 Å². The van der Waals surface area contributed by atoms with Gasteiger partial charge in [0.25, 0.3) is 0 Å². The van der Waals surface area contributed by atoms with Crippen molar-refractivity contribution >= 4 is 0 Å². The Kier molecular flexibility index (Phi) is 3.78. The van der Waals surface area contributed by atoms with Crippen LogP contribution in [0.5, 0.6) is 0 Å². The number of aliphatic hydroxyl groups is 5. The van der Waals surface area contributed by atoms with E-state index in [4.69, 9.17) is 15.6 Å².